The number of aryl methyl sites for hydroxylation is 1. The summed E-state index contributed by atoms with van der Waals surface area (Å²) in [5.74, 6) is 2.67. The third-order valence-corrected chi connectivity index (χ3v) is 5.90. The number of nitrogens with zero attached hydrogens (tertiary/aromatic N) is 1. The first-order chi connectivity index (χ1) is 11.7. The Labute approximate surface area is 143 Å². The van der Waals surface area contributed by atoms with E-state index < -0.39 is 0 Å². The van der Waals surface area contributed by atoms with Crippen LogP contribution < -0.4 is 5.32 Å². The van der Waals surface area contributed by atoms with Gasteiger partial charge < -0.3 is 14.5 Å². The second-order valence-corrected chi connectivity index (χ2v) is 7.52. The molecule has 3 fully saturated rings. The van der Waals surface area contributed by atoms with Crippen LogP contribution >= 0.6 is 0 Å². The van der Waals surface area contributed by atoms with E-state index >= 15 is 0 Å². The lowest BCUT2D eigenvalue weighted by atomic mass is 9.81. The van der Waals surface area contributed by atoms with Gasteiger partial charge in [-0.1, -0.05) is 6.92 Å². The number of fused-ring (bicyclic) bond motifs is 1. The van der Waals surface area contributed by atoms with Crippen LogP contribution in [0.1, 0.15) is 44.1 Å². The van der Waals surface area contributed by atoms with Gasteiger partial charge in [0.2, 0.25) is 5.91 Å². The van der Waals surface area contributed by atoms with Gasteiger partial charge in [-0.2, -0.15) is 0 Å². The molecule has 2 saturated heterocycles. The van der Waals surface area contributed by atoms with Gasteiger partial charge in [-0.15, -0.1) is 0 Å². The Hall–Kier alpha value is -1.33. The Morgan fingerprint density at radius 3 is 2.79 bits per heavy atom. The molecule has 24 heavy (non-hydrogen) atoms. The van der Waals surface area contributed by atoms with Crippen LogP contribution in [0.5, 0.6) is 0 Å². The topological polar surface area (TPSA) is 54.7 Å². The Morgan fingerprint density at radius 1 is 1.25 bits per heavy atom. The van der Waals surface area contributed by atoms with Crippen molar-refractivity contribution >= 4 is 5.91 Å². The third kappa shape index (κ3) is 3.24. The van der Waals surface area contributed by atoms with Gasteiger partial charge >= 0.3 is 0 Å². The fourth-order valence-electron chi connectivity index (χ4n) is 4.24. The van der Waals surface area contributed by atoms with Gasteiger partial charge in [-0.25, -0.2) is 0 Å². The van der Waals surface area contributed by atoms with E-state index in [2.05, 4.69) is 29.3 Å². The summed E-state index contributed by atoms with van der Waals surface area (Å²) in [7, 11) is 0. The highest BCUT2D eigenvalue weighted by atomic mass is 16.5. The highest BCUT2D eigenvalue weighted by Crippen LogP contribution is 2.35. The van der Waals surface area contributed by atoms with E-state index in [0.717, 1.165) is 63.4 Å². The number of nitrogens with one attached hydrogen (secondary N) is 1. The molecule has 5 heteroatoms. The number of ether oxygens (including phenoxy) is 1. The maximum Gasteiger partial charge on any atom is 0.225 e. The minimum atomic E-state index is 0.0486. The van der Waals surface area contributed by atoms with E-state index in [1.54, 1.807) is 0 Å². The van der Waals surface area contributed by atoms with Crippen LogP contribution in [0.4, 0.5) is 0 Å². The first-order valence-electron chi connectivity index (χ1n) is 9.45. The van der Waals surface area contributed by atoms with Crippen LogP contribution in [-0.2, 0) is 22.5 Å². The number of piperidine rings is 1. The molecule has 0 spiro atoms. The molecule has 1 aliphatic carbocycles. The molecule has 1 amide bonds. The molecule has 132 valence electrons. The molecule has 0 unspecified atom stereocenters. The van der Waals surface area contributed by atoms with Crippen molar-refractivity contribution in [3.05, 3.63) is 23.7 Å². The fourth-order valence-corrected chi connectivity index (χ4v) is 4.24. The molecule has 4 rings (SSSR count). The van der Waals surface area contributed by atoms with Gasteiger partial charge in [0.25, 0.3) is 0 Å². The normalized spacial score (nSPS) is 30.8. The molecule has 3 aliphatic rings. The molecule has 3 heterocycles. The lowest BCUT2D eigenvalue weighted by Crippen LogP contribution is -2.54. The summed E-state index contributed by atoms with van der Waals surface area (Å²) >= 11 is 0. The van der Waals surface area contributed by atoms with Crippen LogP contribution in [-0.4, -0.2) is 42.6 Å². The number of rotatable bonds is 5. The quantitative estimate of drug-likeness (QED) is 0.899. The molecule has 1 aromatic rings. The SMILES string of the molecule is CCc1ccc(CN2C[C@H]3OCC[C@H]3[C@H](C(=O)NC3CCC3)C2)o1. The van der Waals surface area contributed by atoms with Crippen molar-refractivity contribution in [1.82, 2.24) is 10.2 Å². The van der Waals surface area contributed by atoms with E-state index in [4.69, 9.17) is 9.15 Å². The Balaban J connectivity index is 1.43. The predicted octanol–water partition coefficient (Wildman–Crippen LogP) is 2.35. The molecule has 0 aromatic carbocycles. The van der Waals surface area contributed by atoms with Crippen molar-refractivity contribution in [3.63, 3.8) is 0 Å². The summed E-state index contributed by atoms with van der Waals surface area (Å²) in [5, 5.41) is 3.25. The van der Waals surface area contributed by atoms with Crippen LogP contribution in [0.15, 0.2) is 16.5 Å². The Kier molecular flexibility index (Phi) is 4.63. The van der Waals surface area contributed by atoms with Gasteiger partial charge in [-0.05, 0) is 37.8 Å². The summed E-state index contributed by atoms with van der Waals surface area (Å²) < 4.78 is 11.8. The average molecular weight is 332 g/mol. The summed E-state index contributed by atoms with van der Waals surface area (Å²) in [6, 6.07) is 4.52. The highest BCUT2D eigenvalue weighted by Gasteiger charge is 2.44. The molecule has 0 radical (unpaired) electrons. The maximum atomic E-state index is 12.8. The van der Waals surface area contributed by atoms with Gasteiger partial charge in [0.1, 0.15) is 11.5 Å². The smallest absolute Gasteiger partial charge is 0.225 e. The van der Waals surface area contributed by atoms with E-state index in [-0.39, 0.29) is 17.9 Å². The van der Waals surface area contributed by atoms with E-state index in [1.807, 2.05) is 0 Å². The number of likely N-dealkylation sites (tertiary alicyclic amines) is 1. The molecule has 3 atom stereocenters. The van der Waals surface area contributed by atoms with Gasteiger partial charge in [0.05, 0.1) is 18.6 Å². The second kappa shape index (κ2) is 6.89. The van der Waals surface area contributed by atoms with Crippen molar-refractivity contribution in [1.29, 1.82) is 0 Å². The van der Waals surface area contributed by atoms with Crippen molar-refractivity contribution < 1.29 is 13.9 Å². The summed E-state index contributed by atoms with van der Waals surface area (Å²) in [6.07, 6.45) is 5.64. The lowest BCUT2D eigenvalue weighted by molar-refractivity contribution is -0.132. The molecule has 1 saturated carbocycles. The van der Waals surface area contributed by atoms with Gasteiger partial charge in [-0.3, -0.25) is 9.69 Å². The van der Waals surface area contributed by atoms with Crippen molar-refractivity contribution in [2.75, 3.05) is 19.7 Å². The molecule has 1 N–H and O–H groups in total. The van der Waals surface area contributed by atoms with Crippen molar-refractivity contribution in [2.45, 2.75) is 57.7 Å². The van der Waals surface area contributed by atoms with Gasteiger partial charge in [0.15, 0.2) is 0 Å². The zero-order valence-electron chi connectivity index (χ0n) is 14.5. The third-order valence-electron chi connectivity index (χ3n) is 5.90. The number of carbonyl (C=O) groups is 1. The van der Waals surface area contributed by atoms with Crippen molar-refractivity contribution in [2.24, 2.45) is 11.8 Å². The Morgan fingerprint density at radius 2 is 2.08 bits per heavy atom. The average Bonchev–Trinajstić information content (AvgIpc) is 3.18. The van der Waals surface area contributed by atoms with E-state index in [0.29, 0.717) is 12.0 Å². The molecule has 0 bridgehead atoms. The molecule has 5 nitrogen and oxygen atoms in total. The predicted molar refractivity (Wildman–Crippen MR) is 90.5 cm³/mol. The fraction of sp³-hybridized carbons (Fsp3) is 0.737. The number of hydrogen-bond donors (Lipinski definition) is 1. The van der Waals surface area contributed by atoms with Crippen LogP contribution in [0, 0.1) is 11.8 Å². The van der Waals surface area contributed by atoms with E-state index in [9.17, 15) is 4.79 Å². The maximum absolute atomic E-state index is 12.8. The van der Waals surface area contributed by atoms with Crippen LogP contribution in [0.25, 0.3) is 0 Å². The Bertz CT molecular complexity index is 581. The zero-order chi connectivity index (χ0) is 16.5. The highest BCUT2D eigenvalue weighted by molar-refractivity contribution is 5.80. The number of carbonyl (C=O) groups excluding carboxylic acids is 1. The van der Waals surface area contributed by atoms with E-state index in [1.165, 1.54) is 6.42 Å². The second-order valence-electron chi connectivity index (χ2n) is 7.52. The number of furan rings is 1. The standard InChI is InChI=1S/C19H28N2O3/c1-2-14-6-7-15(24-14)10-21-11-17(16-8-9-23-18(16)12-21)19(22)20-13-4-3-5-13/h6-7,13,16-18H,2-5,8-12H2,1H3,(H,20,22)/t16-,17+,18+/m0/s1. The summed E-state index contributed by atoms with van der Waals surface area (Å²) in [5.41, 5.74) is 0. The minimum absolute atomic E-state index is 0.0486. The molecule has 1 aromatic heterocycles. The molecular formula is C19H28N2O3. The zero-order valence-corrected chi connectivity index (χ0v) is 14.5. The largest absolute Gasteiger partial charge is 0.465 e. The summed E-state index contributed by atoms with van der Waals surface area (Å²) in [6.45, 7) is 5.36. The lowest BCUT2D eigenvalue weighted by Gasteiger charge is -2.40. The van der Waals surface area contributed by atoms with Crippen LogP contribution in [0.2, 0.25) is 0 Å². The monoisotopic (exact) mass is 332 g/mol. The van der Waals surface area contributed by atoms with Crippen LogP contribution in [0.3, 0.4) is 0 Å². The number of amides is 1. The first kappa shape index (κ1) is 16.2. The molecule has 2 aliphatic heterocycles. The number of hydrogen-bond acceptors (Lipinski definition) is 4. The molecular weight excluding hydrogens is 304 g/mol. The summed E-state index contributed by atoms with van der Waals surface area (Å²) in [4.78, 5) is 15.1. The minimum Gasteiger partial charge on any atom is -0.465 e. The van der Waals surface area contributed by atoms with Crippen molar-refractivity contribution in [3.8, 4) is 0 Å². The first-order valence-corrected chi connectivity index (χ1v) is 9.45. The van der Waals surface area contributed by atoms with Gasteiger partial charge in [0, 0.05) is 38.1 Å².